The number of anilines is 1. The van der Waals surface area contributed by atoms with Crippen molar-refractivity contribution in [3.63, 3.8) is 0 Å². The van der Waals surface area contributed by atoms with Crippen molar-refractivity contribution in [2.75, 3.05) is 12.4 Å². The summed E-state index contributed by atoms with van der Waals surface area (Å²) in [6, 6.07) is 12.6. The van der Waals surface area contributed by atoms with Crippen molar-refractivity contribution in [3.8, 4) is 23.1 Å². The number of nitriles is 1. The van der Waals surface area contributed by atoms with Gasteiger partial charge in [0, 0.05) is 5.56 Å². The Hall–Kier alpha value is -4.39. The number of hydrogen-bond donors (Lipinski definition) is 1. The number of ether oxygens (including phenoxy) is 1. The number of carbonyl (C=O) groups excluding carboxylic acids is 1. The molecule has 0 saturated carbocycles. The zero-order valence-corrected chi connectivity index (χ0v) is 17.3. The number of aromatic nitrogens is 2. The molecule has 0 bridgehead atoms. The van der Waals surface area contributed by atoms with Crippen molar-refractivity contribution in [1.82, 2.24) is 10.1 Å². The number of alkyl halides is 3. The monoisotopic (exact) mass is 452 g/mol. The number of nitrogens with zero attached hydrogens (tertiary/aromatic N) is 3. The van der Waals surface area contributed by atoms with Crippen LogP contribution >= 0.6 is 0 Å². The smallest absolute Gasteiger partial charge is 0.417 e. The molecule has 10 heteroatoms. The van der Waals surface area contributed by atoms with Crippen LogP contribution in [0.1, 0.15) is 27.2 Å². The summed E-state index contributed by atoms with van der Waals surface area (Å²) in [6.07, 6.45) is -4.63. The first kappa shape index (κ1) is 21.8. The highest BCUT2D eigenvalue weighted by Crippen LogP contribution is 2.38. The van der Waals surface area contributed by atoms with E-state index < -0.39 is 17.6 Å². The van der Waals surface area contributed by atoms with Crippen LogP contribution in [0.25, 0.3) is 22.4 Å². The molecular weight excluding hydrogens is 437 g/mol. The third-order valence-electron chi connectivity index (χ3n) is 4.95. The first-order chi connectivity index (χ1) is 15.7. The summed E-state index contributed by atoms with van der Waals surface area (Å²) in [5.74, 6) is -0.356. The van der Waals surface area contributed by atoms with Gasteiger partial charge in [-0.3, -0.25) is 4.79 Å². The Kier molecular flexibility index (Phi) is 5.47. The van der Waals surface area contributed by atoms with Gasteiger partial charge in [0.25, 0.3) is 11.6 Å². The van der Waals surface area contributed by atoms with Gasteiger partial charge in [0.05, 0.1) is 52.3 Å². The van der Waals surface area contributed by atoms with Gasteiger partial charge in [-0.15, -0.1) is 0 Å². The van der Waals surface area contributed by atoms with E-state index >= 15 is 0 Å². The molecule has 2 aromatic heterocycles. The topological polar surface area (TPSA) is 101 Å². The fourth-order valence-electron chi connectivity index (χ4n) is 3.43. The Bertz CT molecular complexity index is 1420. The van der Waals surface area contributed by atoms with E-state index in [1.807, 2.05) is 6.07 Å². The van der Waals surface area contributed by atoms with E-state index in [4.69, 9.17) is 14.5 Å². The van der Waals surface area contributed by atoms with Crippen molar-refractivity contribution < 1.29 is 27.2 Å². The molecule has 0 radical (unpaired) electrons. The average Bonchev–Trinajstić information content (AvgIpc) is 3.18. The van der Waals surface area contributed by atoms with E-state index in [1.54, 1.807) is 6.92 Å². The Morgan fingerprint density at radius 3 is 2.64 bits per heavy atom. The van der Waals surface area contributed by atoms with Crippen molar-refractivity contribution >= 4 is 22.7 Å². The second-order valence-electron chi connectivity index (χ2n) is 7.03. The molecule has 33 heavy (non-hydrogen) atoms. The van der Waals surface area contributed by atoms with Crippen LogP contribution in [0, 0.1) is 18.3 Å². The number of rotatable bonds is 4. The van der Waals surface area contributed by atoms with E-state index in [9.17, 15) is 18.0 Å². The van der Waals surface area contributed by atoms with Crippen molar-refractivity contribution in [1.29, 1.82) is 5.26 Å². The van der Waals surface area contributed by atoms with Gasteiger partial charge in [-0.05, 0) is 37.3 Å². The first-order valence-electron chi connectivity index (χ1n) is 9.56. The summed E-state index contributed by atoms with van der Waals surface area (Å²) in [4.78, 5) is 17.4. The van der Waals surface area contributed by atoms with Crippen LogP contribution in [0.3, 0.4) is 0 Å². The number of benzene rings is 2. The van der Waals surface area contributed by atoms with Crippen LogP contribution in [0.15, 0.2) is 53.1 Å². The summed E-state index contributed by atoms with van der Waals surface area (Å²) in [5.41, 5.74) is -0.433. The zero-order chi connectivity index (χ0) is 23.8. The molecule has 1 N–H and O–H groups in total. The number of amides is 1. The molecule has 2 aromatic carbocycles. The van der Waals surface area contributed by atoms with Gasteiger partial charge in [-0.25, -0.2) is 4.98 Å². The van der Waals surface area contributed by atoms with Gasteiger partial charge in [-0.1, -0.05) is 23.4 Å². The lowest BCUT2D eigenvalue weighted by molar-refractivity contribution is -0.137. The highest BCUT2D eigenvalue weighted by atomic mass is 19.4. The molecule has 0 aliphatic heterocycles. The molecular formula is C23H15F3N4O3. The second-order valence-corrected chi connectivity index (χ2v) is 7.03. The number of fused-ring (bicyclic) bond motifs is 1. The summed E-state index contributed by atoms with van der Waals surface area (Å²) < 4.78 is 51.1. The number of hydrogen-bond acceptors (Lipinski definition) is 6. The fourth-order valence-corrected chi connectivity index (χ4v) is 3.43. The van der Waals surface area contributed by atoms with E-state index in [0.717, 1.165) is 6.07 Å². The molecule has 0 unspecified atom stereocenters. The molecule has 166 valence electrons. The summed E-state index contributed by atoms with van der Waals surface area (Å²) >= 11 is 0. The van der Waals surface area contributed by atoms with E-state index in [0.29, 0.717) is 11.4 Å². The minimum Gasteiger partial charge on any atom is -0.495 e. The van der Waals surface area contributed by atoms with Crippen molar-refractivity contribution in [2.24, 2.45) is 0 Å². The van der Waals surface area contributed by atoms with Crippen LogP contribution in [0.4, 0.5) is 18.9 Å². The largest absolute Gasteiger partial charge is 0.495 e. The molecule has 0 aliphatic carbocycles. The van der Waals surface area contributed by atoms with Gasteiger partial charge in [0.15, 0.2) is 0 Å². The lowest BCUT2D eigenvalue weighted by atomic mass is 10.0. The van der Waals surface area contributed by atoms with E-state index in [1.165, 1.54) is 49.6 Å². The lowest BCUT2D eigenvalue weighted by Crippen LogP contribution is -2.14. The number of carbonyl (C=O) groups is 1. The first-order valence-corrected chi connectivity index (χ1v) is 9.56. The fraction of sp³-hybridized carbons (Fsp3) is 0.130. The maximum atomic E-state index is 13.6. The van der Waals surface area contributed by atoms with E-state index in [-0.39, 0.29) is 39.2 Å². The normalized spacial score (nSPS) is 11.3. The molecule has 4 aromatic rings. The number of nitrogens with one attached hydrogen (secondary N) is 1. The minimum atomic E-state index is -4.63. The molecule has 0 aliphatic rings. The summed E-state index contributed by atoms with van der Waals surface area (Å²) in [6.45, 7) is 1.59. The summed E-state index contributed by atoms with van der Waals surface area (Å²) in [5, 5.41) is 15.9. The molecule has 4 rings (SSSR count). The number of methoxy groups -OCH3 is 1. The number of aryl methyl sites for hydroxylation is 1. The van der Waals surface area contributed by atoms with Gasteiger partial charge >= 0.3 is 6.18 Å². The molecule has 1 amide bonds. The van der Waals surface area contributed by atoms with Crippen LogP contribution in [-0.4, -0.2) is 23.2 Å². The van der Waals surface area contributed by atoms with E-state index in [2.05, 4.69) is 15.5 Å². The molecule has 2 heterocycles. The predicted molar refractivity (Wildman–Crippen MR) is 113 cm³/mol. The van der Waals surface area contributed by atoms with Gasteiger partial charge < -0.3 is 14.6 Å². The van der Waals surface area contributed by atoms with Crippen molar-refractivity contribution in [2.45, 2.75) is 13.1 Å². The second kappa shape index (κ2) is 8.27. The molecule has 7 nitrogen and oxygen atoms in total. The van der Waals surface area contributed by atoms with Gasteiger partial charge in [-0.2, -0.15) is 18.4 Å². The highest BCUT2D eigenvalue weighted by molar-refractivity contribution is 6.13. The van der Waals surface area contributed by atoms with Crippen LogP contribution in [-0.2, 0) is 6.18 Å². The predicted octanol–water partition coefficient (Wildman–Crippen LogP) is 5.35. The molecule has 0 spiro atoms. The summed E-state index contributed by atoms with van der Waals surface area (Å²) in [7, 11) is 1.40. The quantitative estimate of drug-likeness (QED) is 0.448. The Morgan fingerprint density at radius 2 is 1.94 bits per heavy atom. The number of halogens is 3. The highest BCUT2D eigenvalue weighted by Gasteiger charge is 2.34. The Labute approximate surface area is 185 Å². The van der Waals surface area contributed by atoms with Crippen LogP contribution in [0.2, 0.25) is 0 Å². The minimum absolute atomic E-state index is 0.00939. The standard InChI is InChI=1S/C23H15F3N4O3/c1-12-20-15(21(31)28-18-9-13(11-27)7-8-19(18)32-2)10-17(29-22(20)33-30-12)14-5-3-4-6-16(14)23(24,25)26/h3-10H,1-2H3,(H,28,31). The maximum Gasteiger partial charge on any atom is 0.417 e. The van der Waals surface area contributed by atoms with Gasteiger partial charge in [0.1, 0.15) is 5.75 Å². The SMILES string of the molecule is COc1ccc(C#N)cc1NC(=O)c1cc(-c2ccccc2C(F)(F)F)nc2onc(C)c12. The number of pyridine rings is 1. The Morgan fingerprint density at radius 1 is 1.18 bits per heavy atom. The van der Waals surface area contributed by atoms with Crippen molar-refractivity contribution in [3.05, 3.63) is 70.9 Å². The Balaban J connectivity index is 1.87. The van der Waals surface area contributed by atoms with Crippen LogP contribution < -0.4 is 10.1 Å². The van der Waals surface area contributed by atoms with Crippen LogP contribution in [0.5, 0.6) is 5.75 Å². The molecule has 0 fully saturated rings. The third kappa shape index (κ3) is 4.08. The lowest BCUT2D eigenvalue weighted by Gasteiger charge is -2.14. The molecule has 0 saturated heterocycles. The average molecular weight is 452 g/mol. The zero-order valence-electron chi connectivity index (χ0n) is 17.3. The third-order valence-corrected chi connectivity index (χ3v) is 4.95. The maximum absolute atomic E-state index is 13.6. The molecule has 0 atom stereocenters. The van der Waals surface area contributed by atoms with Gasteiger partial charge in [0.2, 0.25) is 0 Å².